The SMILES string of the molecule is COc1cccc(CN(C)c2nc(C)ccc2C(=N)N)c1. The molecule has 2 rings (SSSR count). The number of pyridine rings is 1. The first-order chi connectivity index (χ1) is 10.0. The number of methoxy groups -OCH3 is 1. The van der Waals surface area contributed by atoms with Gasteiger partial charge in [0, 0.05) is 19.3 Å². The van der Waals surface area contributed by atoms with Crippen molar-refractivity contribution in [1.29, 1.82) is 5.41 Å². The molecule has 0 fully saturated rings. The zero-order valence-electron chi connectivity index (χ0n) is 12.6. The molecule has 1 aromatic heterocycles. The molecule has 0 bridgehead atoms. The summed E-state index contributed by atoms with van der Waals surface area (Å²) in [6.07, 6.45) is 0. The Balaban J connectivity index is 2.29. The minimum Gasteiger partial charge on any atom is -0.497 e. The number of nitrogen functional groups attached to an aromatic ring is 1. The molecule has 0 saturated heterocycles. The smallest absolute Gasteiger partial charge is 0.139 e. The maximum absolute atomic E-state index is 7.67. The van der Waals surface area contributed by atoms with Gasteiger partial charge in [0.2, 0.25) is 0 Å². The van der Waals surface area contributed by atoms with E-state index in [1.165, 1.54) is 0 Å². The van der Waals surface area contributed by atoms with Gasteiger partial charge in [0.25, 0.3) is 0 Å². The Bertz CT molecular complexity index is 654. The maximum atomic E-state index is 7.67. The van der Waals surface area contributed by atoms with E-state index in [4.69, 9.17) is 15.9 Å². The lowest BCUT2D eigenvalue weighted by atomic mass is 10.1. The van der Waals surface area contributed by atoms with Crippen LogP contribution >= 0.6 is 0 Å². The lowest BCUT2D eigenvalue weighted by Gasteiger charge is -2.21. The fraction of sp³-hybridized carbons (Fsp3) is 0.250. The van der Waals surface area contributed by atoms with Crippen LogP contribution in [0.15, 0.2) is 36.4 Å². The van der Waals surface area contributed by atoms with Gasteiger partial charge in [0.05, 0.1) is 12.7 Å². The first-order valence-electron chi connectivity index (χ1n) is 6.67. The highest BCUT2D eigenvalue weighted by molar-refractivity contribution is 5.99. The second-order valence-electron chi connectivity index (χ2n) is 4.95. The average Bonchev–Trinajstić information content (AvgIpc) is 2.47. The van der Waals surface area contributed by atoms with E-state index in [1.807, 2.05) is 55.3 Å². The maximum Gasteiger partial charge on any atom is 0.139 e. The summed E-state index contributed by atoms with van der Waals surface area (Å²) in [4.78, 5) is 6.49. The molecule has 110 valence electrons. The van der Waals surface area contributed by atoms with E-state index in [0.717, 1.165) is 17.0 Å². The van der Waals surface area contributed by atoms with Crippen LogP contribution in [0.5, 0.6) is 5.75 Å². The Hall–Kier alpha value is -2.56. The van der Waals surface area contributed by atoms with E-state index >= 15 is 0 Å². The van der Waals surface area contributed by atoms with Crippen molar-refractivity contribution in [3.63, 3.8) is 0 Å². The van der Waals surface area contributed by atoms with Gasteiger partial charge in [-0.1, -0.05) is 12.1 Å². The molecule has 3 N–H and O–H groups in total. The number of rotatable bonds is 5. The highest BCUT2D eigenvalue weighted by Gasteiger charge is 2.12. The van der Waals surface area contributed by atoms with E-state index in [2.05, 4.69) is 4.98 Å². The molecule has 21 heavy (non-hydrogen) atoms. The molecule has 5 heteroatoms. The molecule has 0 aliphatic carbocycles. The van der Waals surface area contributed by atoms with Crippen LogP contribution in [0, 0.1) is 12.3 Å². The quantitative estimate of drug-likeness (QED) is 0.652. The molecule has 0 saturated carbocycles. The molecular weight excluding hydrogens is 264 g/mol. The van der Waals surface area contributed by atoms with Crippen LogP contribution in [-0.4, -0.2) is 25.0 Å². The summed E-state index contributed by atoms with van der Waals surface area (Å²) in [5, 5.41) is 7.67. The van der Waals surface area contributed by atoms with Gasteiger partial charge in [0.15, 0.2) is 0 Å². The van der Waals surface area contributed by atoms with Crippen molar-refractivity contribution in [2.24, 2.45) is 5.73 Å². The summed E-state index contributed by atoms with van der Waals surface area (Å²) in [5.74, 6) is 1.56. The number of hydrogen-bond acceptors (Lipinski definition) is 4. The molecule has 0 unspecified atom stereocenters. The van der Waals surface area contributed by atoms with Gasteiger partial charge in [-0.25, -0.2) is 4.98 Å². The van der Waals surface area contributed by atoms with Crippen LogP contribution < -0.4 is 15.4 Å². The van der Waals surface area contributed by atoms with Crippen molar-refractivity contribution in [2.75, 3.05) is 19.1 Å². The lowest BCUT2D eigenvalue weighted by Crippen LogP contribution is -2.23. The lowest BCUT2D eigenvalue weighted by molar-refractivity contribution is 0.414. The Kier molecular flexibility index (Phi) is 4.42. The third-order valence-corrected chi connectivity index (χ3v) is 3.22. The fourth-order valence-corrected chi connectivity index (χ4v) is 2.16. The van der Waals surface area contributed by atoms with Crippen molar-refractivity contribution >= 4 is 11.7 Å². The Morgan fingerprint density at radius 2 is 2.10 bits per heavy atom. The first-order valence-corrected chi connectivity index (χ1v) is 6.67. The topological polar surface area (TPSA) is 75.2 Å². The molecule has 2 aromatic rings. The molecule has 1 aromatic carbocycles. The molecule has 0 aliphatic heterocycles. The van der Waals surface area contributed by atoms with Crippen molar-refractivity contribution in [1.82, 2.24) is 4.98 Å². The molecule has 0 radical (unpaired) electrons. The van der Waals surface area contributed by atoms with Gasteiger partial charge < -0.3 is 15.4 Å². The molecule has 1 heterocycles. The van der Waals surface area contributed by atoms with E-state index in [0.29, 0.717) is 17.9 Å². The summed E-state index contributed by atoms with van der Waals surface area (Å²) in [5.41, 5.74) is 8.28. The number of ether oxygens (including phenoxy) is 1. The normalized spacial score (nSPS) is 10.2. The van der Waals surface area contributed by atoms with Crippen molar-refractivity contribution in [3.8, 4) is 5.75 Å². The number of aromatic nitrogens is 1. The number of nitrogens with two attached hydrogens (primary N) is 1. The van der Waals surface area contributed by atoms with Gasteiger partial charge >= 0.3 is 0 Å². The van der Waals surface area contributed by atoms with E-state index in [1.54, 1.807) is 7.11 Å². The van der Waals surface area contributed by atoms with Crippen LogP contribution in [0.3, 0.4) is 0 Å². The summed E-state index contributed by atoms with van der Waals surface area (Å²) >= 11 is 0. The number of nitrogens with one attached hydrogen (secondary N) is 1. The van der Waals surface area contributed by atoms with Crippen molar-refractivity contribution in [3.05, 3.63) is 53.2 Å². The highest BCUT2D eigenvalue weighted by Crippen LogP contribution is 2.20. The van der Waals surface area contributed by atoms with Gasteiger partial charge in [-0.3, -0.25) is 5.41 Å². The van der Waals surface area contributed by atoms with E-state index in [9.17, 15) is 0 Å². The zero-order valence-corrected chi connectivity index (χ0v) is 12.6. The molecular formula is C16H20N4O. The molecule has 5 nitrogen and oxygen atoms in total. The second-order valence-corrected chi connectivity index (χ2v) is 4.95. The van der Waals surface area contributed by atoms with Crippen LogP contribution in [0.4, 0.5) is 5.82 Å². The third-order valence-electron chi connectivity index (χ3n) is 3.22. The summed E-state index contributed by atoms with van der Waals surface area (Å²) in [7, 11) is 3.59. The largest absolute Gasteiger partial charge is 0.497 e. The van der Waals surface area contributed by atoms with Crippen LogP contribution in [0.2, 0.25) is 0 Å². The van der Waals surface area contributed by atoms with Crippen molar-refractivity contribution < 1.29 is 4.74 Å². The molecule has 0 amide bonds. The first kappa shape index (κ1) is 14.8. The number of amidine groups is 1. The summed E-state index contributed by atoms with van der Waals surface area (Å²) in [6.45, 7) is 2.58. The van der Waals surface area contributed by atoms with Crippen LogP contribution in [-0.2, 0) is 6.54 Å². The predicted octanol–water partition coefficient (Wildman–Crippen LogP) is 2.32. The van der Waals surface area contributed by atoms with E-state index < -0.39 is 0 Å². The zero-order chi connectivity index (χ0) is 15.4. The van der Waals surface area contributed by atoms with Gasteiger partial charge in [-0.05, 0) is 36.8 Å². The predicted molar refractivity (Wildman–Crippen MR) is 85.1 cm³/mol. The third kappa shape index (κ3) is 3.51. The Labute approximate surface area is 124 Å². The standard InChI is InChI=1S/C16H20N4O/c1-11-7-8-14(15(17)18)16(19-11)20(2)10-12-5-4-6-13(9-12)21-3/h4-9H,10H2,1-3H3,(H3,17,18). The van der Waals surface area contributed by atoms with Crippen LogP contribution in [0.1, 0.15) is 16.8 Å². The Morgan fingerprint density at radius 3 is 2.76 bits per heavy atom. The number of aryl methyl sites for hydroxylation is 1. The second kappa shape index (κ2) is 6.26. The number of anilines is 1. The number of nitrogens with zero attached hydrogens (tertiary/aromatic N) is 2. The fourth-order valence-electron chi connectivity index (χ4n) is 2.16. The van der Waals surface area contributed by atoms with E-state index in [-0.39, 0.29) is 5.84 Å². The minimum absolute atomic E-state index is 0.0231. The van der Waals surface area contributed by atoms with Gasteiger partial charge in [-0.15, -0.1) is 0 Å². The molecule has 0 aliphatic rings. The summed E-state index contributed by atoms with van der Waals surface area (Å²) in [6, 6.07) is 11.6. The summed E-state index contributed by atoms with van der Waals surface area (Å²) < 4.78 is 5.23. The number of hydrogen-bond donors (Lipinski definition) is 2. The highest BCUT2D eigenvalue weighted by atomic mass is 16.5. The van der Waals surface area contributed by atoms with Gasteiger partial charge in [-0.2, -0.15) is 0 Å². The molecule has 0 spiro atoms. The Morgan fingerprint density at radius 1 is 1.33 bits per heavy atom. The van der Waals surface area contributed by atoms with Crippen molar-refractivity contribution in [2.45, 2.75) is 13.5 Å². The number of benzene rings is 1. The van der Waals surface area contributed by atoms with Crippen LogP contribution in [0.25, 0.3) is 0 Å². The average molecular weight is 284 g/mol. The monoisotopic (exact) mass is 284 g/mol. The minimum atomic E-state index is 0.0231. The molecule has 0 atom stereocenters. The van der Waals surface area contributed by atoms with Gasteiger partial charge in [0.1, 0.15) is 17.4 Å².